The zero-order chi connectivity index (χ0) is 30.0. The summed E-state index contributed by atoms with van der Waals surface area (Å²) in [5.41, 5.74) is 10.6. The highest BCUT2D eigenvalue weighted by Gasteiger charge is 2.54. The molecule has 4 atom stereocenters. The number of para-hydroxylation sites is 1. The number of furan rings is 1. The van der Waals surface area contributed by atoms with E-state index in [2.05, 4.69) is 113 Å². The fourth-order valence-electron chi connectivity index (χ4n) is 9.46. The van der Waals surface area contributed by atoms with Crippen molar-refractivity contribution < 1.29 is 13.7 Å². The van der Waals surface area contributed by atoms with Crippen LogP contribution in [0.15, 0.2) is 83.3 Å². The van der Waals surface area contributed by atoms with Crippen LogP contribution in [0.2, 0.25) is 0 Å². The van der Waals surface area contributed by atoms with Gasteiger partial charge in [0.25, 0.3) is 0 Å². The molecule has 3 aliphatic carbocycles. The molecule has 1 saturated heterocycles. The van der Waals surface area contributed by atoms with Crippen molar-refractivity contribution in [3.05, 3.63) is 90.0 Å². The van der Waals surface area contributed by atoms with Gasteiger partial charge in [-0.3, -0.25) is 0 Å². The van der Waals surface area contributed by atoms with E-state index in [1.54, 1.807) is 11.1 Å². The number of benzene rings is 4. The molecule has 5 aromatic rings. The molecule has 3 fully saturated rings. The van der Waals surface area contributed by atoms with Crippen LogP contribution >= 0.6 is 0 Å². The first-order valence-electron chi connectivity index (χ1n) is 16.7. The fourth-order valence-corrected chi connectivity index (χ4v) is 9.46. The van der Waals surface area contributed by atoms with Crippen LogP contribution in [-0.2, 0) is 14.7 Å². The van der Waals surface area contributed by atoms with Crippen LogP contribution in [0.5, 0.6) is 0 Å². The Kier molecular flexibility index (Phi) is 5.60. The maximum atomic E-state index is 6.52. The van der Waals surface area contributed by atoms with Gasteiger partial charge in [0.2, 0.25) is 0 Å². The maximum absolute atomic E-state index is 6.52. The summed E-state index contributed by atoms with van der Waals surface area (Å²) in [5, 5.41) is 2.24. The third-order valence-corrected chi connectivity index (χ3v) is 12.3. The zero-order valence-corrected chi connectivity index (χ0v) is 26.6. The quantitative estimate of drug-likeness (QED) is 0.195. The van der Waals surface area contributed by atoms with Crippen molar-refractivity contribution in [3.63, 3.8) is 0 Å². The molecule has 0 amide bonds. The van der Waals surface area contributed by atoms with E-state index in [0.717, 1.165) is 45.2 Å². The average Bonchev–Trinajstić information content (AvgIpc) is 3.59. The molecular weight excluding hydrogens is 539 g/mol. The maximum Gasteiger partial charge on any atom is 0.498 e. The molecule has 4 aliphatic rings. The monoisotopic (exact) mass is 580 g/mol. The Hall–Kier alpha value is -3.34. The molecule has 1 aliphatic heterocycles. The van der Waals surface area contributed by atoms with Crippen LogP contribution < -0.4 is 5.46 Å². The van der Waals surface area contributed by atoms with Gasteiger partial charge in [-0.25, -0.2) is 0 Å². The van der Waals surface area contributed by atoms with E-state index in [0.29, 0.717) is 0 Å². The molecule has 2 saturated carbocycles. The van der Waals surface area contributed by atoms with Crippen molar-refractivity contribution in [2.75, 3.05) is 0 Å². The van der Waals surface area contributed by atoms with Crippen LogP contribution in [0.3, 0.4) is 0 Å². The minimum Gasteiger partial charge on any atom is -0.456 e. The molecule has 1 aromatic heterocycles. The highest BCUT2D eigenvalue weighted by atomic mass is 16.7. The Labute approximate surface area is 261 Å². The lowest BCUT2D eigenvalue weighted by Crippen LogP contribution is -2.44. The lowest BCUT2D eigenvalue weighted by atomic mass is 9.53. The third-order valence-electron chi connectivity index (χ3n) is 12.3. The van der Waals surface area contributed by atoms with Crippen LogP contribution in [0, 0.1) is 17.8 Å². The van der Waals surface area contributed by atoms with E-state index in [9.17, 15) is 0 Å². The smallest absolute Gasteiger partial charge is 0.456 e. The average molecular weight is 581 g/mol. The molecular formula is C40H41BO3. The molecule has 0 radical (unpaired) electrons. The second kappa shape index (κ2) is 9.11. The summed E-state index contributed by atoms with van der Waals surface area (Å²) in [6.45, 7) is 10.9. The van der Waals surface area contributed by atoms with Gasteiger partial charge in [0.1, 0.15) is 11.2 Å². The molecule has 4 heteroatoms. The van der Waals surface area contributed by atoms with Gasteiger partial charge in [0.15, 0.2) is 0 Å². The van der Waals surface area contributed by atoms with Crippen molar-refractivity contribution in [1.82, 2.24) is 0 Å². The van der Waals surface area contributed by atoms with E-state index in [4.69, 9.17) is 13.7 Å². The first-order chi connectivity index (χ1) is 21.1. The second-order valence-corrected chi connectivity index (χ2v) is 15.3. The summed E-state index contributed by atoms with van der Waals surface area (Å²) < 4.78 is 19.4. The standard InChI is InChI=1S/C40H41BO3/c1-24-19-25-17-18-40(28(20-24)21-25)33-11-7-6-9-29(33)30-15-13-27(23-34(30)40)26-14-16-36-32(22-26)31-10-8-12-35(37(31)42-36)41-43-38(2,3)39(4,5)44-41/h6-16,22-25,28H,17-21H2,1-5H3. The normalized spacial score (nSPS) is 28.1. The van der Waals surface area contributed by atoms with E-state index < -0.39 is 18.3 Å². The molecule has 2 bridgehead atoms. The van der Waals surface area contributed by atoms with Gasteiger partial charge in [-0.15, -0.1) is 0 Å². The molecule has 222 valence electrons. The van der Waals surface area contributed by atoms with E-state index in [1.165, 1.54) is 54.4 Å². The summed E-state index contributed by atoms with van der Waals surface area (Å²) in [6.07, 6.45) is 6.75. The Morgan fingerprint density at radius 3 is 2.30 bits per heavy atom. The van der Waals surface area contributed by atoms with Gasteiger partial charge in [0, 0.05) is 21.7 Å². The Bertz CT molecular complexity index is 1950. The van der Waals surface area contributed by atoms with Gasteiger partial charge in [-0.1, -0.05) is 67.6 Å². The van der Waals surface area contributed by atoms with E-state index >= 15 is 0 Å². The van der Waals surface area contributed by atoms with Crippen LogP contribution in [0.4, 0.5) is 0 Å². The van der Waals surface area contributed by atoms with Gasteiger partial charge in [-0.05, 0) is 129 Å². The second-order valence-electron chi connectivity index (χ2n) is 15.3. The number of rotatable bonds is 2. The molecule has 9 rings (SSSR count). The van der Waals surface area contributed by atoms with E-state index in [-0.39, 0.29) is 5.41 Å². The number of hydrogen-bond donors (Lipinski definition) is 0. The van der Waals surface area contributed by atoms with Gasteiger partial charge >= 0.3 is 7.12 Å². The molecule has 4 aromatic carbocycles. The summed E-state index contributed by atoms with van der Waals surface area (Å²) in [7, 11) is -0.462. The third kappa shape index (κ3) is 3.65. The van der Waals surface area contributed by atoms with Crippen molar-refractivity contribution >= 4 is 34.5 Å². The Morgan fingerprint density at radius 1 is 0.705 bits per heavy atom. The molecule has 2 heterocycles. The molecule has 1 spiro atoms. The highest BCUT2D eigenvalue weighted by Crippen LogP contribution is 2.62. The van der Waals surface area contributed by atoms with Crippen LogP contribution in [0.25, 0.3) is 44.2 Å². The molecule has 44 heavy (non-hydrogen) atoms. The topological polar surface area (TPSA) is 31.6 Å². The molecule has 4 unspecified atom stereocenters. The van der Waals surface area contributed by atoms with Crippen LogP contribution in [-0.4, -0.2) is 18.3 Å². The predicted molar refractivity (Wildman–Crippen MR) is 180 cm³/mol. The first kappa shape index (κ1) is 27.0. The predicted octanol–water partition coefficient (Wildman–Crippen LogP) is 9.66. The first-order valence-corrected chi connectivity index (χ1v) is 16.7. The largest absolute Gasteiger partial charge is 0.498 e. The zero-order valence-electron chi connectivity index (χ0n) is 26.6. The summed E-state index contributed by atoms with van der Waals surface area (Å²) >= 11 is 0. The summed E-state index contributed by atoms with van der Waals surface area (Å²) in [4.78, 5) is 0. The minimum atomic E-state index is -0.462. The van der Waals surface area contributed by atoms with Crippen molar-refractivity contribution in [1.29, 1.82) is 0 Å². The van der Waals surface area contributed by atoms with Gasteiger partial charge in [-0.2, -0.15) is 0 Å². The molecule has 3 nitrogen and oxygen atoms in total. The summed E-state index contributed by atoms with van der Waals surface area (Å²) in [5.74, 6) is 2.43. The van der Waals surface area contributed by atoms with Crippen molar-refractivity contribution in [2.45, 2.75) is 83.3 Å². The van der Waals surface area contributed by atoms with E-state index in [1.807, 2.05) is 0 Å². The highest BCUT2D eigenvalue weighted by molar-refractivity contribution is 6.65. The van der Waals surface area contributed by atoms with Crippen LogP contribution in [0.1, 0.15) is 77.8 Å². The van der Waals surface area contributed by atoms with Gasteiger partial charge < -0.3 is 13.7 Å². The number of fused-ring (bicyclic) bond motifs is 11. The fraction of sp³-hybridized carbons (Fsp3) is 0.400. The minimum absolute atomic E-state index is 0.136. The van der Waals surface area contributed by atoms with Crippen molar-refractivity contribution in [3.8, 4) is 22.3 Å². The lowest BCUT2D eigenvalue weighted by molar-refractivity contribution is 0.00578. The number of hydrogen-bond acceptors (Lipinski definition) is 3. The Morgan fingerprint density at radius 2 is 1.45 bits per heavy atom. The lowest BCUT2D eigenvalue weighted by Gasteiger charge is -2.50. The molecule has 0 N–H and O–H groups in total. The SMILES string of the molecule is CC1CC2CCC3(c4ccccc4-c4ccc(-c5ccc6oc7c(B8OC(C)(C)C(C)(C)O8)cccc7c6c5)cc43)C(C1)C2. The Balaban J connectivity index is 1.16. The van der Waals surface area contributed by atoms with Gasteiger partial charge in [0.05, 0.1) is 11.2 Å². The summed E-state index contributed by atoms with van der Waals surface area (Å²) in [6, 6.07) is 29.6. The van der Waals surface area contributed by atoms with Crippen molar-refractivity contribution in [2.24, 2.45) is 17.8 Å².